The normalized spacial score (nSPS) is 32.4. The molecule has 1 aromatic carbocycles. The Kier molecular flexibility index (Phi) is 3.44. The van der Waals surface area contributed by atoms with Gasteiger partial charge >= 0.3 is 0 Å². The van der Waals surface area contributed by atoms with Gasteiger partial charge in [-0.3, -0.25) is 9.00 Å². The van der Waals surface area contributed by atoms with Gasteiger partial charge in [-0.2, -0.15) is 0 Å². The van der Waals surface area contributed by atoms with E-state index < -0.39 is 45.5 Å². The SMILES string of the molecule is O=C(c1c(F)ccc(F)c1F)C1CC2CCC(C1)S2=O. The van der Waals surface area contributed by atoms with Crippen LogP contribution in [0.1, 0.15) is 36.0 Å². The van der Waals surface area contributed by atoms with Crippen LogP contribution >= 0.6 is 0 Å². The fraction of sp³-hybridized carbons (Fsp3) is 0.500. The van der Waals surface area contributed by atoms with Crippen LogP contribution in [0.15, 0.2) is 12.1 Å². The lowest BCUT2D eigenvalue weighted by Gasteiger charge is -2.26. The molecule has 2 saturated heterocycles. The van der Waals surface area contributed by atoms with Gasteiger partial charge in [-0.25, -0.2) is 13.2 Å². The predicted octanol–water partition coefficient (Wildman–Crippen LogP) is 2.98. The number of rotatable bonds is 2. The lowest BCUT2D eigenvalue weighted by Crippen LogP contribution is -2.33. The summed E-state index contributed by atoms with van der Waals surface area (Å²) in [7, 11) is -0.941. The summed E-state index contributed by atoms with van der Waals surface area (Å²) < 4.78 is 52.3. The molecule has 2 heterocycles. The Hall–Kier alpha value is -1.17. The molecule has 3 rings (SSSR count). The number of benzene rings is 1. The van der Waals surface area contributed by atoms with E-state index in [1.807, 2.05) is 0 Å². The lowest BCUT2D eigenvalue weighted by molar-refractivity contribution is 0.0896. The van der Waals surface area contributed by atoms with Crippen LogP contribution in [0.5, 0.6) is 0 Å². The van der Waals surface area contributed by atoms with E-state index in [1.54, 1.807) is 0 Å². The molecule has 0 N–H and O–H groups in total. The summed E-state index contributed by atoms with van der Waals surface area (Å²) in [6.07, 6.45) is 2.32. The third-order valence-electron chi connectivity index (χ3n) is 4.22. The van der Waals surface area contributed by atoms with Gasteiger partial charge in [-0.15, -0.1) is 0 Å². The Labute approximate surface area is 116 Å². The van der Waals surface area contributed by atoms with Crippen LogP contribution in [-0.4, -0.2) is 20.5 Å². The van der Waals surface area contributed by atoms with Gasteiger partial charge in [0.25, 0.3) is 0 Å². The van der Waals surface area contributed by atoms with Gasteiger partial charge in [0.05, 0.1) is 5.56 Å². The van der Waals surface area contributed by atoms with E-state index in [9.17, 15) is 22.2 Å². The average molecular weight is 302 g/mol. The van der Waals surface area contributed by atoms with E-state index in [2.05, 4.69) is 0 Å². The zero-order valence-corrected chi connectivity index (χ0v) is 11.4. The quantitative estimate of drug-likeness (QED) is 0.622. The molecule has 20 heavy (non-hydrogen) atoms. The first-order chi connectivity index (χ1) is 9.49. The summed E-state index contributed by atoms with van der Waals surface area (Å²) in [5.41, 5.74) is -0.790. The number of ketones is 1. The van der Waals surface area contributed by atoms with Gasteiger partial charge in [-0.1, -0.05) is 0 Å². The molecule has 0 spiro atoms. The monoisotopic (exact) mass is 302 g/mol. The summed E-state index contributed by atoms with van der Waals surface area (Å²) in [4.78, 5) is 12.3. The molecule has 2 atom stereocenters. The molecule has 2 nitrogen and oxygen atoms in total. The van der Waals surface area contributed by atoms with E-state index >= 15 is 0 Å². The fourth-order valence-corrected chi connectivity index (χ4v) is 5.33. The zero-order chi connectivity index (χ0) is 14.4. The minimum atomic E-state index is -1.42. The van der Waals surface area contributed by atoms with Gasteiger partial charge in [0.15, 0.2) is 17.4 Å². The van der Waals surface area contributed by atoms with Gasteiger partial charge < -0.3 is 0 Å². The Morgan fingerprint density at radius 1 is 1.05 bits per heavy atom. The van der Waals surface area contributed by atoms with Crippen LogP contribution in [0.2, 0.25) is 0 Å². The van der Waals surface area contributed by atoms with Crippen molar-refractivity contribution >= 4 is 16.6 Å². The van der Waals surface area contributed by atoms with E-state index in [1.165, 1.54) is 0 Å². The summed E-state index contributed by atoms with van der Waals surface area (Å²) >= 11 is 0. The molecule has 0 radical (unpaired) electrons. The van der Waals surface area contributed by atoms with Crippen molar-refractivity contribution in [3.05, 3.63) is 35.1 Å². The second-order valence-corrected chi connectivity index (χ2v) is 7.39. The Bertz CT molecular complexity index is 586. The molecule has 0 aliphatic carbocycles. The van der Waals surface area contributed by atoms with Crippen molar-refractivity contribution in [3.8, 4) is 0 Å². The molecular formula is C14H13F3O2S. The van der Waals surface area contributed by atoms with Crippen molar-refractivity contribution < 1.29 is 22.2 Å². The van der Waals surface area contributed by atoms with E-state index in [0.29, 0.717) is 18.9 Å². The van der Waals surface area contributed by atoms with Crippen LogP contribution in [-0.2, 0) is 10.8 Å². The lowest BCUT2D eigenvalue weighted by atomic mass is 9.90. The molecule has 0 aromatic heterocycles. The second kappa shape index (κ2) is 4.98. The second-order valence-electron chi connectivity index (χ2n) is 5.40. The van der Waals surface area contributed by atoms with Crippen LogP contribution in [0, 0.1) is 23.4 Å². The number of Topliss-reactive ketones (excluding diaryl/α,β-unsaturated/α-hetero) is 1. The molecular weight excluding hydrogens is 289 g/mol. The van der Waals surface area contributed by atoms with Gasteiger partial charge in [0.2, 0.25) is 0 Å². The Balaban J connectivity index is 1.91. The summed E-state index contributed by atoms with van der Waals surface area (Å²) in [5, 5.41) is -0.134. The topological polar surface area (TPSA) is 34.1 Å². The first-order valence-corrected chi connectivity index (χ1v) is 7.83. The molecule has 6 heteroatoms. The first-order valence-electron chi connectivity index (χ1n) is 6.56. The maximum absolute atomic E-state index is 13.7. The standard InChI is InChI=1S/C14H13F3O2S/c15-10-3-4-11(16)13(17)12(10)14(18)7-5-8-1-2-9(6-7)20(8)19/h3-4,7-9H,1-2,5-6H2. The highest BCUT2D eigenvalue weighted by molar-refractivity contribution is 7.86. The molecule has 2 aliphatic rings. The van der Waals surface area contributed by atoms with Crippen molar-refractivity contribution in [1.82, 2.24) is 0 Å². The third kappa shape index (κ3) is 2.10. The van der Waals surface area contributed by atoms with Crippen LogP contribution in [0.25, 0.3) is 0 Å². The number of hydrogen-bond donors (Lipinski definition) is 0. The first kappa shape index (κ1) is 13.8. The molecule has 108 valence electrons. The highest BCUT2D eigenvalue weighted by atomic mass is 32.2. The van der Waals surface area contributed by atoms with Gasteiger partial charge in [0.1, 0.15) is 5.82 Å². The minimum absolute atomic E-state index is 0.0672. The molecule has 0 saturated carbocycles. The van der Waals surface area contributed by atoms with Gasteiger partial charge in [0, 0.05) is 27.2 Å². The molecule has 2 aliphatic heterocycles. The number of halogens is 3. The Morgan fingerprint density at radius 3 is 2.20 bits per heavy atom. The minimum Gasteiger partial charge on any atom is -0.294 e. The Morgan fingerprint density at radius 2 is 1.60 bits per heavy atom. The van der Waals surface area contributed by atoms with Crippen molar-refractivity contribution in [1.29, 1.82) is 0 Å². The fourth-order valence-electron chi connectivity index (χ4n) is 3.20. The molecule has 0 amide bonds. The van der Waals surface area contributed by atoms with Crippen molar-refractivity contribution in [3.63, 3.8) is 0 Å². The maximum Gasteiger partial charge on any atom is 0.172 e. The largest absolute Gasteiger partial charge is 0.294 e. The average Bonchev–Trinajstić information content (AvgIpc) is 2.66. The third-order valence-corrected chi connectivity index (χ3v) is 6.39. The summed E-state index contributed by atoms with van der Waals surface area (Å²) in [6.45, 7) is 0. The summed E-state index contributed by atoms with van der Waals surface area (Å²) in [5.74, 6) is -4.94. The van der Waals surface area contributed by atoms with Crippen LogP contribution in [0.3, 0.4) is 0 Å². The zero-order valence-electron chi connectivity index (χ0n) is 10.6. The van der Waals surface area contributed by atoms with E-state index in [4.69, 9.17) is 0 Å². The van der Waals surface area contributed by atoms with Crippen molar-refractivity contribution in [2.24, 2.45) is 5.92 Å². The van der Waals surface area contributed by atoms with Crippen LogP contribution in [0.4, 0.5) is 13.2 Å². The smallest absolute Gasteiger partial charge is 0.172 e. The van der Waals surface area contributed by atoms with Gasteiger partial charge in [-0.05, 0) is 37.8 Å². The number of fused-ring (bicyclic) bond motifs is 2. The number of carbonyl (C=O) groups excluding carboxylic acids is 1. The molecule has 1 aromatic rings. The van der Waals surface area contributed by atoms with Crippen molar-refractivity contribution in [2.75, 3.05) is 0 Å². The summed E-state index contributed by atoms with van der Waals surface area (Å²) in [6, 6.07) is 1.43. The van der Waals surface area contributed by atoms with Crippen molar-refractivity contribution in [2.45, 2.75) is 36.2 Å². The molecule has 2 fully saturated rings. The molecule has 2 bridgehead atoms. The predicted molar refractivity (Wildman–Crippen MR) is 68.3 cm³/mol. The number of carbonyl (C=O) groups is 1. The molecule has 2 unspecified atom stereocenters. The highest BCUT2D eigenvalue weighted by Crippen LogP contribution is 2.40. The number of hydrogen-bond acceptors (Lipinski definition) is 2. The van der Waals surface area contributed by atoms with E-state index in [-0.39, 0.29) is 10.5 Å². The maximum atomic E-state index is 13.7. The highest BCUT2D eigenvalue weighted by Gasteiger charge is 2.43. The van der Waals surface area contributed by atoms with Crippen LogP contribution < -0.4 is 0 Å². The van der Waals surface area contributed by atoms with E-state index in [0.717, 1.165) is 18.9 Å².